The molecule has 10 heteroatoms. The number of carbonyl (C=O) groups is 1. The van der Waals surface area contributed by atoms with Gasteiger partial charge in [0.05, 0.1) is 31.0 Å². The Morgan fingerprint density at radius 2 is 1.55 bits per heavy atom. The molecule has 1 N–H and O–H groups in total. The van der Waals surface area contributed by atoms with E-state index in [1.54, 1.807) is 6.92 Å². The largest absolute Gasteiger partial charge is 0.461 e. The molecule has 0 aliphatic rings. The highest BCUT2D eigenvalue weighted by Crippen LogP contribution is 2.43. The fourth-order valence-electron chi connectivity index (χ4n) is 6.17. The van der Waals surface area contributed by atoms with Gasteiger partial charge in [-0.05, 0) is 88.7 Å². The maximum Gasteiger partial charge on any atom is 0.358 e. The van der Waals surface area contributed by atoms with E-state index in [1.807, 2.05) is 49.4 Å². The van der Waals surface area contributed by atoms with Crippen LogP contribution in [0.3, 0.4) is 0 Å². The van der Waals surface area contributed by atoms with Crippen molar-refractivity contribution in [1.29, 1.82) is 0 Å². The van der Waals surface area contributed by atoms with Gasteiger partial charge in [0.25, 0.3) is 0 Å². The van der Waals surface area contributed by atoms with E-state index in [9.17, 15) is 4.79 Å². The summed E-state index contributed by atoms with van der Waals surface area (Å²) < 4.78 is 15.1. The molecule has 0 saturated carbocycles. The predicted molar refractivity (Wildman–Crippen MR) is 181 cm³/mol. The van der Waals surface area contributed by atoms with Crippen molar-refractivity contribution in [3.8, 4) is 0 Å². The van der Waals surface area contributed by atoms with E-state index in [-0.39, 0.29) is 18.3 Å². The lowest BCUT2D eigenvalue weighted by Crippen LogP contribution is -2.48. The van der Waals surface area contributed by atoms with Gasteiger partial charge in [-0.15, -0.1) is 0 Å². The van der Waals surface area contributed by atoms with Crippen molar-refractivity contribution >= 4 is 59.1 Å². The average Bonchev–Trinajstić information content (AvgIpc) is 3.26. The van der Waals surface area contributed by atoms with Crippen molar-refractivity contribution < 1.29 is 14.0 Å². The number of carbonyl (C=O) groups excluding carboxylic acids is 1. The molecule has 2 aromatic carbocycles. The van der Waals surface area contributed by atoms with Gasteiger partial charge in [-0.25, -0.2) is 9.78 Å². The highest BCUT2D eigenvalue weighted by Gasteiger charge is 2.45. The van der Waals surface area contributed by atoms with Gasteiger partial charge < -0.3 is 19.0 Å². The van der Waals surface area contributed by atoms with Gasteiger partial charge in [-0.1, -0.05) is 82.9 Å². The zero-order chi connectivity index (χ0) is 31.4. The van der Waals surface area contributed by atoms with Crippen LogP contribution in [-0.2, 0) is 9.16 Å². The second kappa shape index (κ2) is 14.8. The van der Waals surface area contributed by atoms with Crippen molar-refractivity contribution in [2.75, 3.05) is 18.5 Å². The molecule has 3 aromatic rings. The first-order valence-corrected chi connectivity index (χ1v) is 18.3. The first-order chi connectivity index (χ1) is 19.7. The van der Waals surface area contributed by atoms with E-state index in [4.69, 9.17) is 37.3 Å². The van der Waals surface area contributed by atoms with Crippen molar-refractivity contribution in [2.24, 2.45) is 0 Å². The monoisotopic (exact) mass is 695 g/mol. The summed E-state index contributed by atoms with van der Waals surface area (Å²) in [6.07, 6.45) is 0. The molecule has 0 spiro atoms. The minimum Gasteiger partial charge on any atom is -0.461 e. The maximum atomic E-state index is 13.4. The highest BCUT2D eigenvalue weighted by molar-refractivity contribution is 9.10. The minimum atomic E-state index is -2.14. The zero-order valence-electron chi connectivity index (χ0n) is 26.1. The number of nitrogens with one attached hydrogen (secondary N) is 1. The normalized spacial score (nSPS) is 13.6. The lowest BCUT2D eigenvalue weighted by Gasteiger charge is -2.43. The molecule has 0 aliphatic heterocycles. The highest BCUT2D eigenvalue weighted by atomic mass is 79.9. The summed E-state index contributed by atoms with van der Waals surface area (Å²) in [6.45, 7) is 20.3. The molecule has 230 valence electrons. The number of halogens is 3. The van der Waals surface area contributed by atoms with Crippen LogP contribution in [0.15, 0.2) is 47.2 Å². The average molecular weight is 698 g/mol. The summed E-state index contributed by atoms with van der Waals surface area (Å²) in [4.78, 5) is 18.1. The van der Waals surface area contributed by atoms with Crippen LogP contribution in [0.25, 0.3) is 0 Å². The van der Waals surface area contributed by atoms with Crippen molar-refractivity contribution in [3.05, 3.63) is 79.8 Å². The van der Waals surface area contributed by atoms with Crippen LogP contribution in [0.2, 0.25) is 26.7 Å². The van der Waals surface area contributed by atoms with Crippen molar-refractivity contribution in [1.82, 2.24) is 9.55 Å². The number of aromatic nitrogens is 2. The van der Waals surface area contributed by atoms with Gasteiger partial charge in [0, 0.05) is 15.7 Å². The van der Waals surface area contributed by atoms with Gasteiger partial charge in [0.1, 0.15) is 0 Å². The van der Waals surface area contributed by atoms with Crippen LogP contribution >= 0.6 is 39.1 Å². The smallest absolute Gasteiger partial charge is 0.358 e. The Labute approximate surface area is 270 Å². The number of hydrogen-bond donors (Lipinski definition) is 1. The SMILES string of the molecule is CCOC(=O)c1nc(Br)n([C@H](C)CO[Si](C(C)C)(C(C)C)C(C)C)c1C(Nc1cc(Cl)ccc1C)c1ccc(Cl)cc1. The van der Waals surface area contributed by atoms with E-state index in [1.165, 1.54) is 0 Å². The summed E-state index contributed by atoms with van der Waals surface area (Å²) >= 11 is 16.4. The summed E-state index contributed by atoms with van der Waals surface area (Å²) in [5.74, 6) is -0.487. The van der Waals surface area contributed by atoms with Gasteiger partial charge >= 0.3 is 5.97 Å². The maximum absolute atomic E-state index is 13.4. The lowest BCUT2D eigenvalue weighted by atomic mass is 10.00. The topological polar surface area (TPSA) is 65.4 Å². The number of ether oxygens (including phenoxy) is 1. The fraction of sp³-hybridized carbons (Fsp3) is 0.500. The number of nitrogens with zero attached hydrogens (tertiary/aromatic N) is 2. The van der Waals surface area contributed by atoms with Crippen LogP contribution in [0.1, 0.15) is 94.8 Å². The third-order valence-corrected chi connectivity index (χ3v) is 15.2. The predicted octanol–water partition coefficient (Wildman–Crippen LogP) is 10.4. The third-order valence-electron chi connectivity index (χ3n) is 8.07. The summed E-state index contributed by atoms with van der Waals surface area (Å²) in [5, 5.41) is 4.89. The number of benzene rings is 2. The Hall–Kier alpha value is -1.84. The molecular formula is C32H44BrCl2N3O3Si. The molecule has 0 saturated heterocycles. The number of aryl methyl sites for hydroxylation is 1. The molecule has 6 nitrogen and oxygen atoms in total. The third kappa shape index (κ3) is 7.44. The van der Waals surface area contributed by atoms with E-state index >= 15 is 0 Å². The Morgan fingerprint density at radius 3 is 2.10 bits per heavy atom. The Morgan fingerprint density at radius 1 is 0.976 bits per heavy atom. The lowest BCUT2D eigenvalue weighted by molar-refractivity contribution is 0.0518. The number of anilines is 1. The van der Waals surface area contributed by atoms with Crippen molar-refractivity contribution in [2.45, 2.75) is 91.0 Å². The van der Waals surface area contributed by atoms with E-state index in [2.05, 4.69) is 74.3 Å². The molecule has 1 unspecified atom stereocenters. The molecule has 0 fully saturated rings. The van der Waals surface area contributed by atoms with Crippen LogP contribution in [0.5, 0.6) is 0 Å². The zero-order valence-corrected chi connectivity index (χ0v) is 30.2. The molecule has 1 heterocycles. The minimum absolute atomic E-state index is 0.148. The summed E-state index contributed by atoms with van der Waals surface area (Å²) in [7, 11) is -2.14. The number of esters is 1. The van der Waals surface area contributed by atoms with Gasteiger partial charge in [-0.3, -0.25) is 0 Å². The fourth-order valence-corrected chi connectivity index (χ4v) is 12.7. The van der Waals surface area contributed by atoms with Crippen LogP contribution in [0, 0.1) is 6.92 Å². The van der Waals surface area contributed by atoms with E-state index in [0.29, 0.717) is 43.7 Å². The van der Waals surface area contributed by atoms with E-state index < -0.39 is 20.3 Å². The molecule has 1 aromatic heterocycles. The molecule has 0 aliphatic carbocycles. The Bertz CT molecular complexity index is 1340. The quantitative estimate of drug-likeness (QED) is 0.142. The van der Waals surface area contributed by atoms with Gasteiger partial charge in [0.2, 0.25) is 0 Å². The summed E-state index contributed by atoms with van der Waals surface area (Å²) in [6, 6.07) is 12.7. The number of rotatable bonds is 13. The molecule has 2 atom stereocenters. The van der Waals surface area contributed by atoms with Crippen LogP contribution < -0.4 is 5.32 Å². The van der Waals surface area contributed by atoms with Crippen molar-refractivity contribution in [3.63, 3.8) is 0 Å². The second-order valence-corrected chi connectivity index (χ2v) is 18.8. The number of hydrogen-bond acceptors (Lipinski definition) is 5. The standard InChI is InChI=1S/C32H44BrCl2N3O3Si/c1-10-40-31(39)29-30(28(24-12-15-25(34)16-13-24)36-27-17-26(35)14-11-22(27)8)38(32(33)37-29)23(9)18-41-42(19(2)3,20(4)5)21(6)7/h11-17,19-21,23,28,36H,10,18H2,1-9H3/t23-,28?/m1/s1. The molecule has 0 amide bonds. The Kier molecular flexibility index (Phi) is 12.2. The first kappa shape index (κ1) is 34.6. The Balaban J connectivity index is 2.22. The molecule has 0 bridgehead atoms. The van der Waals surface area contributed by atoms with Crippen LogP contribution in [0.4, 0.5) is 5.69 Å². The van der Waals surface area contributed by atoms with Gasteiger partial charge in [0.15, 0.2) is 18.7 Å². The first-order valence-electron chi connectivity index (χ1n) is 14.6. The number of imidazole rings is 1. The van der Waals surface area contributed by atoms with E-state index in [0.717, 1.165) is 16.8 Å². The molecule has 0 radical (unpaired) electrons. The summed E-state index contributed by atoms with van der Waals surface area (Å²) in [5.41, 5.74) is 5.00. The van der Waals surface area contributed by atoms with Crippen LogP contribution in [-0.4, -0.2) is 37.1 Å². The molecular weight excluding hydrogens is 653 g/mol. The van der Waals surface area contributed by atoms with Gasteiger partial charge in [-0.2, -0.15) is 0 Å². The molecule has 42 heavy (non-hydrogen) atoms. The molecule has 3 rings (SSSR count). The second-order valence-electron chi connectivity index (χ2n) is 11.8.